The van der Waals surface area contributed by atoms with Crippen molar-refractivity contribution in [2.75, 3.05) is 6.56 Å². The third-order valence-corrected chi connectivity index (χ3v) is 3.37. The van der Waals surface area contributed by atoms with Crippen LogP contribution in [0.25, 0.3) is 0 Å². The molecule has 1 rings (SSSR count). The molecular weight excluding hydrogens is 254 g/mol. The lowest BCUT2D eigenvalue weighted by molar-refractivity contribution is 0.0252. The van der Waals surface area contributed by atoms with Crippen LogP contribution in [0.1, 0.15) is 50.7 Å². The first kappa shape index (κ1) is 12.4. The number of nitrogens with zero attached hydrogens (tertiary/aromatic N) is 1. The molecule has 0 N–H and O–H groups in total. The van der Waals surface area contributed by atoms with Gasteiger partial charge >= 0.3 is 6.09 Å². The Kier molecular flexibility index (Phi) is 3.56. The van der Waals surface area contributed by atoms with Crippen LogP contribution < -0.4 is 0 Å². The summed E-state index contributed by atoms with van der Waals surface area (Å²) in [6.45, 7) is 8.21. The predicted octanol–water partition coefficient (Wildman–Crippen LogP) is 2.64. The zero-order valence-electron chi connectivity index (χ0n) is 13.8. The van der Waals surface area contributed by atoms with Crippen molar-refractivity contribution in [3.63, 3.8) is 0 Å². The summed E-state index contributed by atoms with van der Waals surface area (Å²) in [5.41, 5.74) is -2.09. The molecule has 1 fully saturated rings. The van der Waals surface area contributed by atoms with Gasteiger partial charge in [-0.3, -0.25) is 4.18 Å². The van der Waals surface area contributed by atoms with Crippen molar-refractivity contribution in [1.29, 1.82) is 0 Å². The fraction of sp³-hybridized carbons (Fsp3) is 0.917. The van der Waals surface area contributed by atoms with E-state index in [1.807, 2.05) is 13.8 Å². The summed E-state index contributed by atoms with van der Waals surface area (Å²) in [5.74, 6) is 0.0960. The van der Waals surface area contributed by atoms with Gasteiger partial charge in [-0.1, -0.05) is 13.8 Å². The fourth-order valence-corrected chi connectivity index (χ4v) is 2.78. The van der Waals surface area contributed by atoms with E-state index in [0.717, 1.165) is 4.31 Å². The number of carbonyl (C=O) groups excluding carboxylic acids is 1. The summed E-state index contributed by atoms with van der Waals surface area (Å²) in [4.78, 5) is 12.2. The van der Waals surface area contributed by atoms with Gasteiger partial charge in [0.2, 0.25) is 0 Å². The van der Waals surface area contributed by atoms with E-state index in [0.29, 0.717) is 6.42 Å². The van der Waals surface area contributed by atoms with Crippen LogP contribution in [-0.4, -0.2) is 32.3 Å². The molecule has 1 aliphatic rings. The predicted molar refractivity (Wildman–Crippen MR) is 70.0 cm³/mol. The molecule has 0 saturated carbocycles. The van der Waals surface area contributed by atoms with Crippen molar-refractivity contribution in [3.8, 4) is 0 Å². The van der Waals surface area contributed by atoms with Gasteiger partial charge < -0.3 is 4.74 Å². The summed E-state index contributed by atoms with van der Waals surface area (Å²) >= 11 is -2.20. The third-order valence-electron chi connectivity index (χ3n) is 2.30. The Morgan fingerprint density at radius 1 is 1.61 bits per heavy atom. The van der Waals surface area contributed by atoms with Crippen LogP contribution in [0.3, 0.4) is 0 Å². The van der Waals surface area contributed by atoms with Crippen LogP contribution in [0.2, 0.25) is 0 Å². The minimum atomic E-state index is -2.20. The van der Waals surface area contributed by atoms with Crippen molar-refractivity contribution in [3.05, 3.63) is 0 Å². The van der Waals surface area contributed by atoms with Gasteiger partial charge in [0, 0.05) is 0 Å². The second-order valence-electron chi connectivity index (χ2n) is 6.05. The molecule has 1 saturated heterocycles. The van der Waals surface area contributed by atoms with Gasteiger partial charge in [-0.05, 0) is 40.0 Å². The average molecular weight is 279 g/mol. The number of amides is 1. The molecule has 0 aromatic heterocycles. The summed E-state index contributed by atoms with van der Waals surface area (Å²) < 4.78 is 38.8. The van der Waals surface area contributed by atoms with Crippen LogP contribution >= 0.6 is 0 Å². The zero-order chi connectivity index (χ0) is 15.9. The first-order valence-electron chi connectivity index (χ1n) is 6.95. The van der Waals surface area contributed by atoms with Crippen molar-refractivity contribution >= 4 is 17.4 Å². The molecule has 0 aromatic carbocycles. The molecule has 1 amide bonds. The van der Waals surface area contributed by atoms with E-state index in [1.54, 1.807) is 20.8 Å². The van der Waals surface area contributed by atoms with E-state index >= 15 is 0 Å². The SMILES string of the molecule is [2H]C1([2H])OS(=O)N(C(=O)OC(C)(C)C)C1(C)CC(C)C. The number of hydrogen-bond donors (Lipinski definition) is 0. The minimum Gasteiger partial charge on any atom is -0.443 e. The monoisotopic (exact) mass is 279 g/mol. The summed E-state index contributed by atoms with van der Waals surface area (Å²) in [5, 5.41) is 0. The maximum Gasteiger partial charge on any atom is 0.424 e. The maximum atomic E-state index is 12.2. The number of rotatable bonds is 2. The second kappa shape index (κ2) is 5.17. The van der Waals surface area contributed by atoms with Gasteiger partial charge in [-0.2, -0.15) is 4.31 Å². The molecule has 2 atom stereocenters. The van der Waals surface area contributed by atoms with Crippen molar-refractivity contribution in [2.45, 2.75) is 59.1 Å². The lowest BCUT2D eigenvalue weighted by atomic mass is 9.92. The lowest BCUT2D eigenvalue weighted by Crippen LogP contribution is -2.49. The second-order valence-corrected chi connectivity index (χ2v) is 7.02. The quantitative estimate of drug-likeness (QED) is 0.779. The molecule has 0 bridgehead atoms. The molecule has 0 aliphatic carbocycles. The molecule has 106 valence electrons. The summed E-state index contributed by atoms with van der Waals surface area (Å²) in [6, 6.07) is 0. The van der Waals surface area contributed by atoms with Gasteiger partial charge in [0.25, 0.3) is 11.3 Å². The molecule has 5 nitrogen and oxygen atoms in total. The van der Waals surface area contributed by atoms with Gasteiger partial charge in [0.1, 0.15) is 5.60 Å². The van der Waals surface area contributed by atoms with E-state index < -0.39 is 35.1 Å². The first-order valence-corrected chi connectivity index (χ1v) is 6.98. The Morgan fingerprint density at radius 3 is 2.61 bits per heavy atom. The fourth-order valence-electron chi connectivity index (χ4n) is 1.85. The average Bonchev–Trinajstić information content (AvgIpc) is 2.26. The van der Waals surface area contributed by atoms with E-state index in [-0.39, 0.29) is 5.92 Å². The van der Waals surface area contributed by atoms with Gasteiger partial charge in [-0.15, -0.1) is 0 Å². The Hall–Kier alpha value is -0.620. The lowest BCUT2D eigenvalue weighted by Gasteiger charge is -2.33. The summed E-state index contributed by atoms with van der Waals surface area (Å²) in [6.07, 6.45) is -0.523. The van der Waals surface area contributed by atoms with Crippen LogP contribution in [-0.2, 0) is 20.2 Å². The standard InChI is InChI=1S/C12H23NO4S/c1-9(2)7-12(6)8-16-18(15)13(12)10(14)17-11(3,4)5/h9H,7-8H2,1-6H3/i8D2. The number of hydrogen-bond acceptors (Lipinski definition) is 4. The van der Waals surface area contributed by atoms with E-state index in [9.17, 15) is 9.00 Å². The van der Waals surface area contributed by atoms with Gasteiger partial charge in [-0.25, -0.2) is 9.00 Å². The molecule has 2 unspecified atom stereocenters. The van der Waals surface area contributed by atoms with Crippen LogP contribution in [0, 0.1) is 5.92 Å². The van der Waals surface area contributed by atoms with Gasteiger partial charge in [0.15, 0.2) is 0 Å². The molecule has 18 heavy (non-hydrogen) atoms. The van der Waals surface area contributed by atoms with E-state index in [1.165, 1.54) is 6.92 Å². The molecule has 1 heterocycles. The third kappa shape index (κ3) is 3.68. The van der Waals surface area contributed by atoms with E-state index in [4.69, 9.17) is 11.7 Å². The maximum absolute atomic E-state index is 12.2. The van der Waals surface area contributed by atoms with Crippen LogP contribution in [0.4, 0.5) is 4.79 Å². The Morgan fingerprint density at radius 2 is 2.17 bits per heavy atom. The van der Waals surface area contributed by atoms with Crippen molar-refractivity contribution in [2.24, 2.45) is 5.92 Å². The molecule has 6 heteroatoms. The highest BCUT2D eigenvalue weighted by atomic mass is 32.2. The van der Waals surface area contributed by atoms with Crippen molar-refractivity contribution < 1.29 is 20.7 Å². The first-order chi connectivity index (χ1) is 8.80. The molecule has 0 aromatic rings. The summed E-state index contributed by atoms with van der Waals surface area (Å²) in [7, 11) is 0. The highest BCUT2D eigenvalue weighted by molar-refractivity contribution is 7.78. The van der Waals surface area contributed by atoms with Crippen LogP contribution in [0.5, 0.6) is 0 Å². The smallest absolute Gasteiger partial charge is 0.424 e. The number of carbonyl (C=O) groups is 1. The van der Waals surface area contributed by atoms with Gasteiger partial charge in [0.05, 0.1) is 14.8 Å². The highest BCUT2D eigenvalue weighted by Gasteiger charge is 2.48. The Balaban J connectivity index is 3.14. The largest absolute Gasteiger partial charge is 0.443 e. The Bertz CT molecular complexity index is 422. The van der Waals surface area contributed by atoms with E-state index in [2.05, 4.69) is 0 Å². The minimum absolute atomic E-state index is 0.0960. The molecular formula is C12H23NO4S. The molecule has 0 spiro atoms. The highest BCUT2D eigenvalue weighted by Crippen LogP contribution is 2.33. The molecule has 0 radical (unpaired) electrons. The number of ether oxygens (including phenoxy) is 1. The Labute approximate surface area is 114 Å². The topological polar surface area (TPSA) is 55.8 Å². The zero-order valence-corrected chi connectivity index (χ0v) is 12.6. The van der Waals surface area contributed by atoms with Crippen molar-refractivity contribution in [1.82, 2.24) is 4.31 Å². The van der Waals surface area contributed by atoms with Crippen LogP contribution in [0.15, 0.2) is 0 Å². The molecule has 1 aliphatic heterocycles. The normalized spacial score (nSPS) is 33.3.